The summed E-state index contributed by atoms with van der Waals surface area (Å²) in [5.41, 5.74) is 1.26. The number of hydrogen-bond donors (Lipinski definition) is 1. The van der Waals surface area contributed by atoms with Gasteiger partial charge in [-0.15, -0.1) is 11.3 Å². The fourth-order valence-electron chi connectivity index (χ4n) is 6.30. The van der Waals surface area contributed by atoms with Gasteiger partial charge >= 0.3 is 0 Å². The van der Waals surface area contributed by atoms with E-state index in [1.54, 1.807) is 4.88 Å². The van der Waals surface area contributed by atoms with Gasteiger partial charge in [0, 0.05) is 54.3 Å². The number of aryl methyl sites for hydroxylation is 1. The molecule has 1 aliphatic carbocycles. The van der Waals surface area contributed by atoms with Gasteiger partial charge in [-0.05, 0) is 69.9 Å². The number of rotatable bonds is 5. The normalized spacial score (nSPS) is 36.2. The van der Waals surface area contributed by atoms with E-state index in [0.29, 0.717) is 22.6 Å². The molecule has 1 spiro atoms. The topological polar surface area (TPSA) is 50.8 Å². The summed E-state index contributed by atoms with van der Waals surface area (Å²) in [7, 11) is 0. The molecule has 0 aromatic carbocycles. The van der Waals surface area contributed by atoms with Crippen LogP contribution >= 0.6 is 33.9 Å². The molecule has 2 saturated heterocycles. The summed E-state index contributed by atoms with van der Waals surface area (Å²) in [6.07, 6.45) is 8.32. The van der Waals surface area contributed by atoms with Crippen LogP contribution in [0.4, 0.5) is 0 Å². The second-order valence-corrected chi connectivity index (χ2v) is 13.9. The predicted molar refractivity (Wildman–Crippen MR) is 141 cm³/mol. The number of alkyl halides is 1. The van der Waals surface area contributed by atoms with Gasteiger partial charge in [-0.25, -0.2) is 0 Å². The Morgan fingerprint density at radius 3 is 2.82 bits per heavy atom. The average molecular weight is 587 g/mol. The standard InChI is InChI=1S/C26H39IN2O3S/c1-4-20-13-21-22(33-20)6-10-32-26(21)7-8-29(23(27)15-26)16-17-11-19(12-17)28-24(30)18-5-9-31-25(2,3)14-18/h13,17-19,23H,4-12,14-16H2,1-3H3,(H,28,30)/t17?,18?,19?,23-,26-/m1/s1. The molecule has 3 aliphatic heterocycles. The van der Waals surface area contributed by atoms with Gasteiger partial charge in [0.2, 0.25) is 5.91 Å². The number of amides is 1. The van der Waals surface area contributed by atoms with Crippen molar-refractivity contribution in [1.82, 2.24) is 10.2 Å². The van der Waals surface area contributed by atoms with Crippen LogP contribution in [0.15, 0.2) is 6.07 Å². The number of nitrogens with one attached hydrogen (secondary N) is 1. The SMILES string of the molecule is CCc1cc2c(s1)CCO[C@@]21CCN(CC2CC(NC(=O)C3CCOC(C)(C)C3)C2)[C@@H](I)C1. The van der Waals surface area contributed by atoms with Crippen molar-refractivity contribution < 1.29 is 14.3 Å². The Balaban J connectivity index is 1.10. The van der Waals surface area contributed by atoms with Crippen molar-refractivity contribution in [3.63, 3.8) is 0 Å². The molecule has 7 heteroatoms. The highest BCUT2D eigenvalue weighted by atomic mass is 127. The first-order chi connectivity index (χ1) is 15.8. The van der Waals surface area contributed by atoms with Crippen LogP contribution < -0.4 is 5.32 Å². The van der Waals surface area contributed by atoms with Crippen LogP contribution in [0.3, 0.4) is 0 Å². The molecule has 1 saturated carbocycles. The molecular weight excluding hydrogens is 547 g/mol. The van der Waals surface area contributed by atoms with E-state index in [0.717, 1.165) is 71.1 Å². The van der Waals surface area contributed by atoms with E-state index in [9.17, 15) is 4.79 Å². The van der Waals surface area contributed by atoms with Crippen LogP contribution in [0.5, 0.6) is 0 Å². The highest BCUT2D eigenvalue weighted by Gasteiger charge is 2.46. The van der Waals surface area contributed by atoms with Crippen LogP contribution in [-0.2, 0) is 32.7 Å². The lowest BCUT2D eigenvalue weighted by molar-refractivity contribution is -0.137. The van der Waals surface area contributed by atoms with Gasteiger partial charge in [0.25, 0.3) is 0 Å². The number of halogens is 1. The number of likely N-dealkylation sites (tertiary alicyclic amines) is 1. The molecule has 4 heterocycles. The second kappa shape index (κ2) is 9.68. The Bertz CT molecular complexity index is 868. The zero-order valence-electron chi connectivity index (χ0n) is 20.3. The first-order valence-corrected chi connectivity index (χ1v) is 14.9. The van der Waals surface area contributed by atoms with E-state index in [1.807, 2.05) is 11.3 Å². The minimum absolute atomic E-state index is 0.0620. The third-order valence-corrected chi connectivity index (χ3v) is 10.8. The van der Waals surface area contributed by atoms with Crippen molar-refractivity contribution >= 4 is 39.8 Å². The molecule has 1 amide bonds. The number of carbonyl (C=O) groups is 1. The van der Waals surface area contributed by atoms with Crippen molar-refractivity contribution in [3.05, 3.63) is 21.4 Å². The van der Waals surface area contributed by atoms with Crippen LogP contribution in [-0.4, -0.2) is 52.8 Å². The zero-order chi connectivity index (χ0) is 23.2. The predicted octanol–water partition coefficient (Wildman–Crippen LogP) is 5.04. The highest BCUT2D eigenvalue weighted by molar-refractivity contribution is 14.1. The lowest BCUT2D eigenvalue weighted by atomic mass is 9.78. The Morgan fingerprint density at radius 2 is 2.09 bits per heavy atom. The summed E-state index contributed by atoms with van der Waals surface area (Å²) < 4.78 is 12.8. The van der Waals surface area contributed by atoms with E-state index >= 15 is 0 Å². The molecule has 1 unspecified atom stereocenters. The molecule has 3 fully saturated rings. The van der Waals surface area contributed by atoms with Gasteiger partial charge in [0.05, 0.1) is 21.9 Å². The van der Waals surface area contributed by atoms with Crippen molar-refractivity contribution in [3.8, 4) is 0 Å². The molecule has 184 valence electrons. The average Bonchev–Trinajstić information content (AvgIpc) is 3.18. The van der Waals surface area contributed by atoms with Crippen LogP contribution in [0, 0.1) is 11.8 Å². The van der Waals surface area contributed by atoms with Gasteiger partial charge in [0.1, 0.15) is 0 Å². The highest BCUT2D eigenvalue weighted by Crippen LogP contribution is 2.48. The van der Waals surface area contributed by atoms with Crippen LogP contribution in [0.1, 0.15) is 74.6 Å². The minimum Gasteiger partial charge on any atom is -0.376 e. The Morgan fingerprint density at radius 1 is 1.27 bits per heavy atom. The van der Waals surface area contributed by atoms with Crippen molar-refractivity contribution in [1.29, 1.82) is 0 Å². The number of thiophene rings is 1. The lowest BCUT2D eigenvalue weighted by Crippen LogP contribution is -2.54. The molecule has 1 N–H and O–H groups in total. The first-order valence-electron chi connectivity index (χ1n) is 12.9. The number of nitrogens with zero attached hydrogens (tertiary/aromatic N) is 1. The lowest BCUT2D eigenvalue weighted by Gasteiger charge is -2.48. The van der Waals surface area contributed by atoms with Crippen LogP contribution in [0.2, 0.25) is 0 Å². The number of piperidine rings is 1. The van der Waals surface area contributed by atoms with Gasteiger partial charge in [0.15, 0.2) is 0 Å². The van der Waals surface area contributed by atoms with E-state index in [4.69, 9.17) is 9.47 Å². The largest absolute Gasteiger partial charge is 0.376 e. The third kappa shape index (κ3) is 5.18. The molecular formula is C26H39IN2O3S. The molecule has 4 aliphatic rings. The molecule has 5 nitrogen and oxygen atoms in total. The maximum Gasteiger partial charge on any atom is 0.223 e. The summed E-state index contributed by atoms with van der Waals surface area (Å²) >= 11 is 4.65. The maximum atomic E-state index is 12.7. The van der Waals surface area contributed by atoms with Gasteiger partial charge in [-0.3, -0.25) is 9.69 Å². The van der Waals surface area contributed by atoms with E-state index in [-0.39, 0.29) is 23.0 Å². The Kier molecular flexibility index (Phi) is 7.18. The summed E-state index contributed by atoms with van der Waals surface area (Å²) in [5, 5.41) is 3.33. The molecule has 0 bridgehead atoms. The number of ether oxygens (including phenoxy) is 2. The third-order valence-electron chi connectivity index (χ3n) is 8.25. The Hall–Kier alpha value is -0.220. The summed E-state index contributed by atoms with van der Waals surface area (Å²) in [4.78, 5) is 18.5. The van der Waals surface area contributed by atoms with Gasteiger partial charge in [-0.2, -0.15) is 0 Å². The number of hydrogen-bond acceptors (Lipinski definition) is 5. The second-order valence-electron chi connectivity index (χ2n) is 11.2. The molecule has 3 atom stereocenters. The fourth-order valence-corrected chi connectivity index (χ4v) is 8.70. The zero-order valence-corrected chi connectivity index (χ0v) is 23.3. The molecule has 0 radical (unpaired) electrons. The smallest absolute Gasteiger partial charge is 0.223 e. The first kappa shape index (κ1) is 24.5. The van der Waals surface area contributed by atoms with Gasteiger partial charge < -0.3 is 14.8 Å². The molecule has 1 aromatic heterocycles. The summed E-state index contributed by atoms with van der Waals surface area (Å²) in [6, 6.07) is 2.80. The fraction of sp³-hybridized carbons (Fsp3) is 0.808. The van der Waals surface area contributed by atoms with Crippen molar-refractivity contribution in [2.24, 2.45) is 11.8 Å². The number of carbonyl (C=O) groups excluding carboxylic acids is 1. The Labute approximate surface area is 216 Å². The van der Waals surface area contributed by atoms with E-state index in [2.05, 4.69) is 59.6 Å². The van der Waals surface area contributed by atoms with E-state index < -0.39 is 0 Å². The van der Waals surface area contributed by atoms with Crippen molar-refractivity contribution in [2.45, 2.75) is 93.4 Å². The summed E-state index contributed by atoms with van der Waals surface area (Å²) in [6.45, 7) is 10.3. The van der Waals surface area contributed by atoms with Gasteiger partial charge in [-0.1, -0.05) is 29.5 Å². The molecule has 1 aromatic rings. The quantitative estimate of drug-likeness (QED) is 0.299. The van der Waals surface area contributed by atoms with Crippen molar-refractivity contribution in [2.75, 3.05) is 26.3 Å². The molecule has 5 rings (SSSR count). The maximum absolute atomic E-state index is 12.7. The number of fused-ring (bicyclic) bond motifs is 2. The van der Waals surface area contributed by atoms with Crippen LogP contribution in [0.25, 0.3) is 0 Å². The minimum atomic E-state index is -0.173. The molecule has 33 heavy (non-hydrogen) atoms. The summed E-state index contributed by atoms with van der Waals surface area (Å²) in [5.74, 6) is 1.05. The monoisotopic (exact) mass is 586 g/mol. The van der Waals surface area contributed by atoms with E-state index in [1.165, 1.54) is 10.4 Å².